The Hall–Kier alpha value is -2.17. The third-order valence-corrected chi connectivity index (χ3v) is 2.77. The quantitative estimate of drug-likeness (QED) is 0.778. The minimum Gasteiger partial charge on any atom is -0.496 e. The lowest BCUT2D eigenvalue weighted by atomic mass is 10.0. The van der Waals surface area contributed by atoms with Gasteiger partial charge in [0.15, 0.2) is 0 Å². The zero-order valence-electron chi connectivity index (χ0n) is 10.9. The van der Waals surface area contributed by atoms with Crippen LogP contribution in [0, 0.1) is 5.82 Å². The van der Waals surface area contributed by atoms with Gasteiger partial charge in [-0.05, 0) is 18.6 Å². The predicted octanol–water partition coefficient (Wildman–Crippen LogP) is 2.67. The smallest absolute Gasteiger partial charge is 0.202 e. The van der Waals surface area contributed by atoms with Gasteiger partial charge in [0.2, 0.25) is 5.78 Å². The van der Waals surface area contributed by atoms with Crippen molar-refractivity contribution < 1.29 is 13.9 Å². The van der Waals surface area contributed by atoms with Crippen LogP contribution in [0.4, 0.5) is 4.39 Å². The molecule has 0 radical (unpaired) electrons. The number of carbonyl (C=O) groups excluding carboxylic acids is 1. The number of carbonyl (C=O) groups is 1. The molecule has 1 aromatic carbocycles. The van der Waals surface area contributed by atoms with Gasteiger partial charge in [0.25, 0.3) is 0 Å². The minimum atomic E-state index is -0.590. The Kier molecular flexibility index (Phi) is 3.94. The molecule has 0 aliphatic heterocycles. The molecular weight excluding hydrogens is 247 g/mol. The molecule has 0 spiro atoms. The molecule has 0 fully saturated rings. The van der Waals surface area contributed by atoms with Gasteiger partial charge < -0.3 is 4.74 Å². The van der Waals surface area contributed by atoms with Crippen LogP contribution in [0.5, 0.6) is 5.75 Å². The van der Waals surface area contributed by atoms with Crippen LogP contribution in [0.25, 0.3) is 0 Å². The van der Waals surface area contributed by atoms with E-state index in [2.05, 4.69) is 5.10 Å². The molecule has 0 amide bonds. The van der Waals surface area contributed by atoms with E-state index in [1.807, 2.05) is 6.92 Å². The van der Waals surface area contributed by atoms with Gasteiger partial charge in [-0.15, -0.1) is 0 Å². The summed E-state index contributed by atoms with van der Waals surface area (Å²) in [4.78, 5) is 12.3. The number of nitrogens with zero attached hydrogens (tertiary/aromatic N) is 2. The van der Waals surface area contributed by atoms with E-state index in [4.69, 9.17) is 4.74 Å². The van der Waals surface area contributed by atoms with Crippen LogP contribution in [0.15, 0.2) is 30.6 Å². The van der Waals surface area contributed by atoms with Gasteiger partial charge in [-0.1, -0.05) is 13.0 Å². The Morgan fingerprint density at radius 1 is 1.47 bits per heavy atom. The first-order valence-corrected chi connectivity index (χ1v) is 6.07. The first-order valence-electron chi connectivity index (χ1n) is 6.07. The van der Waals surface area contributed by atoms with Gasteiger partial charge in [-0.3, -0.25) is 9.48 Å². The number of aromatic nitrogens is 2. The van der Waals surface area contributed by atoms with Crippen LogP contribution in [0.1, 0.15) is 29.3 Å². The number of ether oxygens (including phenoxy) is 1. The van der Waals surface area contributed by atoms with E-state index >= 15 is 0 Å². The van der Waals surface area contributed by atoms with E-state index in [0.717, 1.165) is 13.0 Å². The third-order valence-electron chi connectivity index (χ3n) is 2.77. The third kappa shape index (κ3) is 2.65. The van der Waals surface area contributed by atoms with Gasteiger partial charge in [0.1, 0.15) is 17.1 Å². The van der Waals surface area contributed by atoms with Crippen molar-refractivity contribution in [1.82, 2.24) is 9.78 Å². The molecule has 0 unspecified atom stereocenters. The first kappa shape index (κ1) is 13.3. The molecule has 0 bridgehead atoms. The molecule has 2 rings (SSSR count). The van der Waals surface area contributed by atoms with E-state index in [1.54, 1.807) is 16.9 Å². The summed E-state index contributed by atoms with van der Waals surface area (Å²) in [6.07, 6.45) is 3.99. The molecule has 4 nitrogen and oxygen atoms in total. The molecule has 1 aromatic heterocycles. The maximum Gasteiger partial charge on any atom is 0.202 e. The predicted molar refractivity (Wildman–Crippen MR) is 68.9 cm³/mol. The molecule has 5 heteroatoms. The molecule has 0 N–H and O–H groups in total. The van der Waals surface area contributed by atoms with Gasteiger partial charge >= 0.3 is 0 Å². The highest BCUT2D eigenvalue weighted by Gasteiger charge is 2.20. The fraction of sp³-hybridized carbons (Fsp3) is 0.286. The number of benzene rings is 1. The number of hydrogen-bond donors (Lipinski definition) is 0. The Bertz CT molecular complexity index is 593. The van der Waals surface area contributed by atoms with Crippen molar-refractivity contribution in [3.63, 3.8) is 0 Å². The van der Waals surface area contributed by atoms with Crippen LogP contribution in [-0.4, -0.2) is 22.7 Å². The molecule has 0 atom stereocenters. The second kappa shape index (κ2) is 5.65. The normalized spacial score (nSPS) is 10.5. The minimum absolute atomic E-state index is 0.0546. The summed E-state index contributed by atoms with van der Waals surface area (Å²) in [5.74, 6) is -0.780. The fourth-order valence-electron chi connectivity index (χ4n) is 1.87. The largest absolute Gasteiger partial charge is 0.496 e. The number of hydrogen-bond acceptors (Lipinski definition) is 3. The van der Waals surface area contributed by atoms with Crippen molar-refractivity contribution in [3.05, 3.63) is 47.5 Å². The van der Waals surface area contributed by atoms with Gasteiger partial charge in [0.05, 0.1) is 18.9 Å². The molecule has 0 aliphatic rings. The second-order valence-corrected chi connectivity index (χ2v) is 4.14. The lowest BCUT2D eigenvalue weighted by Crippen LogP contribution is -2.06. The lowest BCUT2D eigenvalue weighted by Gasteiger charge is -2.07. The molecule has 0 aliphatic carbocycles. The zero-order valence-corrected chi connectivity index (χ0v) is 10.9. The topological polar surface area (TPSA) is 44.1 Å². The number of methoxy groups -OCH3 is 1. The molecule has 0 saturated carbocycles. The van der Waals surface area contributed by atoms with E-state index in [-0.39, 0.29) is 11.3 Å². The molecule has 100 valence electrons. The van der Waals surface area contributed by atoms with Crippen LogP contribution >= 0.6 is 0 Å². The summed E-state index contributed by atoms with van der Waals surface area (Å²) in [6, 6.07) is 4.31. The van der Waals surface area contributed by atoms with Crippen molar-refractivity contribution >= 4 is 5.78 Å². The van der Waals surface area contributed by atoms with Crippen LogP contribution < -0.4 is 4.74 Å². The SMILES string of the molecule is CCCn1cc(C(=O)c2c(F)cccc2OC)cn1. The van der Waals surface area contributed by atoms with Crippen molar-refractivity contribution in [2.75, 3.05) is 7.11 Å². The molecular formula is C14H15FN2O2. The summed E-state index contributed by atoms with van der Waals surface area (Å²) < 4.78 is 20.5. The average molecular weight is 262 g/mol. The summed E-state index contributed by atoms with van der Waals surface area (Å²) in [5.41, 5.74) is 0.304. The summed E-state index contributed by atoms with van der Waals surface area (Å²) in [7, 11) is 1.41. The highest BCUT2D eigenvalue weighted by atomic mass is 19.1. The Balaban J connectivity index is 2.38. The highest BCUT2D eigenvalue weighted by Crippen LogP contribution is 2.24. The van der Waals surface area contributed by atoms with E-state index in [1.165, 1.54) is 25.4 Å². The first-order chi connectivity index (χ1) is 9.17. The van der Waals surface area contributed by atoms with E-state index < -0.39 is 11.6 Å². The summed E-state index contributed by atoms with van der Waals surface area (Å²) in [5, 5.41) is 4.07. The van der Waals surface area contributed by atoms with Crippen molar-refractivity contribution in [3.8, 4) is 5.75 Å². The molecule has 19 heavy (non-hydrogen) atoms. The van der Waals surface area contributed by atoms with Crippen molar-refractivity contribution in [2.45, 2.75) is 19.9 Å². The van der Waals surface area contributed by atoms with Crippen LogP contribution in [0.2, 0.25) is 0 Å². The summed E-state index contributed by atoms with van der Waals surface area (Å²) in [6.45, 7) is 2.74. The molecule has 1 heterocycles. The Morgan fingerprint density at radius 2 is 2.26 bits per heavy atom. The Morgan fingerprint density at radius 3 is 2.95 bits per heavy atom. The monoisotopic (exact) mass is 262 g/mol. The van der Waals surface area contributed by atoms with Gasteiger partial charge in [-0.25, -0.2) is 4.39 Å². The highest BCUT2D eigenvalue weighted by molar-refractivity contribution is 6.10. The molecule has 2 aromatic rings. The number of ketones is 1. The fourth-order valence-corrected chi connectivity index (χ4v) is 1.87. The maximum atomic E-state index is 13.8. The van der Waals surface area contributed by atoms with Gasteiger partial charge in [0, 0.05) is 12.7 Å². The van der Waals surface area contributed by atoms with Crippen molar-refractivity contribution in [2.24, 2.45) is 0 Å². The lowest BCUT2D eigenvalue weighted by molar-refractivity contribution is 0.103. The Labute approximate surface area is 110 Å². The molecule has 0 saturated heterocycles. The van der Waals surface area contributed by atoms with Crippen molar-refractivity contribution in [1.29, 1.82) is 0 Å². The number of aryl methyl sites for hydroxylation is 1. The second-order valence-electron chi connectivity index (χ2n) is 4.14. The average Bonchev–Trinajstić information content (AvgIpc) is 2.86. The van der Waals surface area contributed by atoms with E-state index in [0.29, 0.717) is 5.56 Å². The number of rotatable bonds is 5. The van der Waals surface area contributed by atoms with E-state index in [9.17, 15) is 9.18 Å². The maximum absolute atomic E-state index is 13.8. The van der Waals surface area contributed by atoms with Crippen LogP contribution in [-0.2, 0) is 6.54 Å². The number of halogens is 1. The standard InChI is InChI=1S/C14H15FN2O2/c1-3-7-17-9-10(8-16-17)14(18)13-11(15)5-4-6-12(13)19-2/h4-6,8-9H,3,7H2,1-2H3. The zero-order chi connectivity index (χ0) is 13.8. The van der Waals surface area contributed by atoms with Gasteiger partial charge in [-0.2, -0.15) is 5.10 Å². The summed E-state index contributed by atoms with van der Waals surface area (Å²) >= 11 is 0. The van der Waals surface area contributed by atoms with Crippen LogP contribution in [0.3, 0.4) is 0 Å².